The summed E-state index contributed by atoms with van der Waals surface area (Å²) in [6.07, 6.45) is 2.90. The average Bonchev–Trinajstić information content (AvgIpc) is 3.75. The second-order valence-electron chi connectivity index (χ2n) is 10.8. The molecule has 11 heteroatoms. The fraction of sp³-hybridized carbons (Fsp3) is 0.333. The van der Waals surface area contributed by atoms with Gasteiger partial charge in [0, 0.05) is 28.8 Å². The van der Waals surface area contributed by atoms with Crippen molar-refractivity contribution < 1.29 is 22.7 Å². The SMILES string of the molecule is C[C@H]1C[C@@H]1c1ccc2c(n1)N(c1ccc3cnc(CNC(=O)c4ccc5c(c4)S(=O)(=O)CCOC5)cc3n1)CCO2. The van der Waals surface area contributed by atoms with Crippen LogP contribution in [0.3, 0.4) is 0 Å². The third-order valence-electron chi connectivity index (χ3n) is 7.92. The summed E-state index contributed by atoms with van der Waals surface area (Å²) in [5.41, 5.74) is 3.31. The summed E-state index contributed by atoms with van der Waals surface area (Å²) in [6, 6.07) is 14.6. The highest BCUT2D eigenvalue weighted by Gasteiger charge is 2.36. The number of aromatic nitrogens is 3. The average molecular weight is 572 g/mol. The number of sulfone groups is 1. The van der Waals surface area contributed by atoms with Crippen molar-refractivity contribution in [2.24, 2.45) is 5.92 Å². The minimum absolute atomic E-state index is 0.103. The largest absolute Gasteiger partial charge is 0.488 e. The minimum Gasteiger partial charge on any atom is -0.488 e. The van der Waals surface area contributed by atoms with Gasteiger partial charge in [0.25, 0.3) is 5.91 Å². The van der Waals surface area contributed by atoms with E-state index >= 15 is 0 Å². The molecule has 2 aliphatic heterocycles. The molecule has 0 spiro atoms. The molecule has 41 heavy (non-hydrogen) atoms. The molecule has 1 saturated carbocycles. The molecule has 5 heterocycles. The highest BCUT2D eigenvalue weighted by Crippen LogP contribution is 2.47. The van der Waals surface area contributed by atoms with Crippen LogP contribution >= 0.6 is 0 Å². The van der Waals surface area contributed by atoms with Crippen molar-refractivity contribution in [2.75, 3.05) is 30.4 Å². The number of rotatable bonds is 5. The lowest BCUT2D eigenvalue weighted by Crippen LogP contribution is -2.30. The Hall–Kier alpha value is -4.09. The normalized spacial score (nSPS) is 20.9. The van der Waals surface area contributed by atoms with Crippen LogP contribution in [0.1, 0.15) is 46.6 Å². The standard InChI is InChI=1S/C30H29N5O5S/c1-18-12-23(18)24-5-6-26-29(34-24)35(8-9-40-26)28-7-4-20-15-31-22(14-25(20)33-28)16-32-30(36)19-2-3-21-17-39-10-11-41(37,38)27(21)13-19/h2-7,13-15,18,23H,8-12,16-17H2,1H3,(H,32,36)/t18-,23-/m0/s1. The number of carbonyl (C=O) groups excluding carboxylic acids is 1. The van der Waals surface area contributed by atoms with Gasteiger partial charge in [-0.15, -0.1) is 0 Å². The van der Waals surface area contributed by atoms with Crippen molar-refractivity contribution in [1.29, 1.82) is 0 Å². The van der Waals surface area contributed by atoms with Gasteiger partial charge in [-0.05, 0) is 60.4 Å². The first kappa shape index (κ1) is 25.8. The van der Waals surface area contributed by atoms with Gasteiger partial charge in [0.05, 0.1) is 48.2 Å². The number of carbonyl (C=O) groups is 1. The number of nitrogens with zero attached hydrogens (tertiary/aromatic N) is 4. The summed E-state index contributed by atoms with van der Waals surface area (Å²) < 4.78 is 36.5. The molecule has 1 aliphatic carbocycles. The predicted molar refractivity (Wildman–Crippen MR) is 152 cm³/mol. The molecule has 2 atom stereocenters. The van der Waals surface area contributed by atoms with E-state index in [4.69, 9.17) is 19.4 Å². The van der Waals surface area contributed by atoms with Crippen LogP contribution in [0, 0.1) is 5.92 Å². The Morgan fingerprint density at radius 2 is 1.98 bits per heavy atom. The fourth-order valence-corrected chi connectivity index (χ4v) is 6.80. The molecule has 1 amide bonds. The zero-order chi connectivity index (χ0) is 28.1. The van der Waals surface area contributed by atoms with Crippen LogP contribution in [-0.4, -0.2) is 54.8 Å². The molecule has 0 saturated heterocycles. The molecule has 3 aromatic heterocycles. The van der Waals surface area contributed by atoms with Crippen LogP contribution in [-0.2, 0) is 27.7 Å². The van der Waals surface area contributed by atoms with Crippen molar-refractivity contribution in [3.8, 4) is 5.75 Å². The van der Waals surface area contributed by atoms with Crippen molar-refractivity contribution in [3.05, 3.63) is 77.2 Å². The molecule has 10 nitrogen and oxygen atoms in total. The first-order chi connectivity index (χ1) is 19.9. The van der Waals surface area contributed by atoms with E-state index in [9.17, 15) is 13.2 Å². The van der Waals surface area contributed by atoms with E-state index < -0.39 is 9.84 Å². The maximum absolute atomic E-state index is 12.9. The molecule has 210 valence electrons. The molecule has 1 N–H and O–H groups in total. The van der Waals surface area contributed by atoms with Crippen molar-refractivity contribution >= 4 is 38.3 Å². The van der Waals surface area contributed by atoms with Gasteiger partial charge in [-0.2, -0.15) is 0 Å². The monoisotopic (exact) mass is 571 g/mol. The molecular weight excluding hydrogens is 542 g/mol. The smallest absolute Gasteiger partial charge is 0.251 e. The summed E-state index contributed by atoms with van der Waals surface area (Å²) >= 11 is 0. The molecule has 1 fully saturated rings. The summed E-state index contributed by atoms with van der Waals surface area (Å²) in [5.74, 6) is 2.99. The Labute approximate surface area is 237 Å². The van der Waals surface area contributed by atoms with Gasteiger partial charge in [0.15, 0.2) is 21.4 Å². The number of hydrogen-bond acceptors (Lipinski definition) is 9. The minimum atomic E-state index is -3.51. The zero-order valence-corrected chi connectivity index (χ0v) is 23.4. The lowest BCUT2D eigenvalue weighted by Gasteiger charge is -2.29. The van der Waals surface area contributed by atoms with E-state index in [1.54, 1.807) is 18.3 Å². The van der Waals surface area contributed by atoms with Gasteiger partial charge in [-0.1, -0.05) is 13.0 Å². The molecule has 3 aliphatic rings. The van der Waals surface area contributed by atoms with E-state index in [-0.39, 0.29) is 41.9 Å². The summed E-state index contributed by atoms with van der Waals surface area (Å²) in [6.45, 7) is 3.93. The van der Waals surface area contributed by atoms with Gasteiger partial charge in [-0.3, -0.25) is 9.78 Å². The Kier molecular flexibility index (Phi) is 6.35. The second-order valence-corrected chi connectivity index (χ2v) is 12.9. The lowest BCUT2D eigenvalue weighted by atomic mass is 10.1. The number of ether oxygens (including phenoxy) is 2. The third kappa shape index (κ3) is 5.00. The van der Waals surface area contributed by atoms with Crippen LogP contribution in [0.2, 0.25) is 0 Å². The molecule has 0 unspecified atom stereocenters. The third-order valence-corrected chi connectivity index (χ3v) is 9.67. The number of anilines is 2. The number of fused-ring (bicyclic) bond motifs is 3. The summed E-state index contributed by atoms with van der Waals surface area (Å²) in [7, 11) is -3.51. The zero-order valence-electron chi connectivity index (χ0n) is 22.5. The molecule has 1 aromatic carbocycles. The predicted octanol–water partition coefficient (Wildman–Crippen LogP) is 3.91. The molecule has 7 rings (SSSR count). The number of nitrogens with one attached hydrogen (secondary N) is 1. The van der Waals surface area contributed by atoms with Gasteiger partial charge in [0.1, 0.15) is 12.4 Å². The van der Waals surface area contributed by atoms with Crippen LogP contribution in [0.25, 0.3) is 10.9 Å². The van der Waals surface area contributed by atoms with Crippen LogP contribution in [0.4, 0.5) is 11.6 Å². The van der Waals surface area contributed by atoms with E-state index in [1.807, 2.05) is 24.3 Å². The maximum Gasteiger partial charge on any atom is 0.251 e. The van der Waals surface area contributed by atoms with Gasteiger partial charge >= 0.3 is 0 Å². The number of amides is 1. The van der Waals surface area contributed by atoms with Crippen LogP contribution in [0.5, 0.6) is 5.75 Å². The molecular formula is C30H29N5O5S. The summed E-state index contributed by atoms with van der Waals surface area (Å²) in [4.78, 5) is 29.5. The Bertz CT molecular complexity index is 1790. The number of hydrogen-bond donors (Lipinski definition) is 1. The van der Waals surface area contributed by atoms with Gasteiger partial charge < -0.3 is 19.7 Å². The molecule has 4 aromatic rings. The Morgan fingerprint density at radius 1 is 1.10 bits per heavy atom. The highest BCUT2D eigenvalue weighted by molar-refractivity contribution is 7.91. The van der Waals surface area contributed by atoms with E-state index in [2.05, 4.69) is 28.2 Å². The van der Waals surface area contributed by atoms with Gasteiger partial charge in [-0.25, -0.2) is 18.4 Å². The second kappa shape index (κ2) is 10.1. The number of benzene rings is 1. The van der Waals surface area contributed by atoms with Crippen molar-refractivity contribution in [2.45, 2.75) is 37.3 Å². The van der Waals surface area contributed by atoms with Crippen LogP contribution in [0.15, 0.2) is 59.6 Å². The fourth-order valence-electron chi connectivity index (χ4n) is 5.41. The quantitative estimate of drug-likeness (QED) is 0.380. The lowest BCUT2D eigenvalue weighted by molar-refractivity contribution is 0.0950. The van der Waals surface area contributed by atoms with Gasteiger partial charge in [0.2, 0.25) is 0 Å². The first-order valence-corrected chi connectivity index (χ1v) is 15.4. The van der Waals surface area contributed by atoms with Crippen LogP contribution < -0.4 is 15.0 Å². The maximum atomic E-state index is 12.9. The van der Waals surface area contributed by atoms with Crippen molar-refractivity contribution in [3.63, 3.8) is 0 Å². The van der Waals surface area contributed by atoms with E-state index in [0.29, 0.717) is 36.2 Å². The Balaban J connectivity index is 1.11. The Morgan fingerprint density at radius 3 is 2.83 bits per heavy atom. The van der Waals surface area contributed by atoms with E-state index in [0.717, 1.165) is 40.4 Å². The topological polar surface area (TPSA) is 124 Å². The number of pyridine rings is 3. The first-order valence-electron chi connectivity index (χ1n) is 13.7. The highest BCUT2D eigenvalue weighted by atomic mass is 32.2. The molecule has 0 bridgehead atoms. The van der Waals surface area contributed by atoms with E-state index in [1.165, 1.54) is 6.07 Å². The summed E-state index contributed by atoms with van der Waals surface area (Å²) in [5, 5.41) is 3.73. The molecule has 0 radical (unpaired) electrons. The van der Waals surface area contributed by atoms with Crippen molar-refractivity contribution in [1.82, 2.24) is 20.3 Å².